The molecule has 0 saturated heterocycles. The van der Waals surface area contributed by atoms with Crippen molar-refractivity contribution in [2.24, 2.45) is 0 Å². The van der Waals surface area contributed by atoms with E-state index < -0.39 is 0 Å². The normalized spacial score (nSPS) is 11.8. The fraction of sp³-hybridized carbons (Fsp3) is 0. The molecule has 0 saturated carbocycles. The van der Waals surface area contributed by atoms with Gasteiger partial charge in [-0.05, 0) is 64.7 Å². The second-order valence-corrected chi connectivity index (χ2v) is 15.0. The predicted molar refractivity (Wildman–Crippen MR) is 242 cm³/mol. The van der Waals surface area contributed by atoms with Gasteiger partial charge < -0.3 is 9.13 Å². The van der Waals surface area contributed by atoms with Gasteiger partial charge in [0.25, 0.3) is 0 Å². The number of hydrogen-bond acceptors (Lipinski definition) is 2. The van der Waals surface area contributed by atoms with E-state index in [0.717, 1.165) is 61.3 Å². The van der Waals surface area contributed by atoms with Crippen LogP contribution in [0.3, 0.4) is 0 Å². The van der Waals surface area contributed by atoms with E-state index in [2.05, 4.69) is 203 Å². The molecule has 4 nitrogen and oxygen atoms in total. The Kier molecular flexibility index (Phi) is 7.20. The van der Waals surface area contributed by atoms with Crippen molar-refractivity contribution in [3.63, 3.8) is 0 Å². The van der Waals surface area contributed by atoms with Crippen molar-refractivity contribution in [2.45, 2.75) is 0 Å². The van der Waals surface area contributed by atoms with E-state index in [0.29, 0.717) is 5.82 Å². The molecule has 0 radical (unpaired) electrons. The van der Waals surface area contributed by atoms with E-state index in [-0.39, 0.29) is 0 Å². The Morgan fingerprint density at radius 2 is 0.914 bits per heavy atom. The molecule has 3 aromatic heterocycles. The van der Waals surface area contributed by atoms with Crippen molar-refractivity contribution in [3.05, 3.63) is 206 Å². The number of para-hydroxylation sites is 2. The zero-order valence-electron chi connectivity index (χ0n) is 31.4. The van der Waals surface area contributed by atoms with Gasteiger partial charge in [-0.2, -0.15) is 0 Å². The first-order chi connectivity index (χ1) is 28.8. The van der Waals surface area contributed by atoms with Gasteiger partial charge in [0.1, 0.15) is 0 Å². The largest absolute Gasteiger partial charge is 0.309 e. The third kappa shape index (κ3) is 5.02. The first-order valence-electron chi connectivity index (χ1n) is 19.7. The van der Waals surface area contributed by atoms with Gasteiger partial charge in [0, 0.05) is 49.3 Å². The molecule has 0 fully saturated rings. The van der Waals surface area contributed by atoms with Crippen LogP contribution >= 0.6 is 0 Å². The number of fused-ring (bicyclic) bond motifs is 9. The molecule has 0 aliphatic heterocycles. The Bertz CT molecular complexity index is 3500. The zero-order valence-corrected chi connectivity index (χ0v) is 31.4. The summed E-state index contributed by atoms with van der Waals surface area (Å²) in [6.45, 7) is 0. The van der Waals surface area contributed by atoms with E-state index >= 15 is 0 Å². The molecule has 0 spiro atoms. The number of benzene rings is 9. The van der Waals surface area contributed by atoms with Crippen molar-refractivity contribution in [2.75, 3.05) is 0 Å². The summed E-state index contributed by atoms with van der Waals surface area (Å²) in [5, 5.41) is 9.64. The average Bonchev–Trinajstić information content (AvgIpc) is 3.82. The Balaban J connectivity index is 1.17. The third-order valence-electron chi connectivity index (χ3n) is 11.7. The van der Waals surface area contributed by atoms with Crippen molar-refractivity contribution >= 4 is 65.2 Å². The van der Waals surface area contributed by atoms with Crippen LogP contribution in [0.25, 0.3) is 110 Å². The highest BCUT2D eigenvalue weighted by molar-refractivity contribution is 6.26. The Labute approximate surface area is 334 Å². The summed E-state index contributed by atoms with van der Waals surface area (Å²) in [6.07, 6.45) is 0. The van der Waals surface area contributed by atoms with Crippen molar-refractivity contribution < 1.29 is 0 Å². The molecular formula is C54H34N4. The molecule has 12 rings (SSSR count). The molecule has 0 amide bonds. The average molecular weight is 739 g/mol. The fourth-order valence-corrected chi connectivity index (χ4v) is 9.05. The molecule has 0 atom stereocenters. The number of aromatic nitrogens is 4. The van der Waals surface area contributed by atoms with E-state index in [1.807, 2.05) is 12.1 Å². The highest BCUT2D eigenvalue weighted by atomic mass is 15.0. The van der Waals surface area contributed by atoms with Gasteiger partial charge in [0.05, 0.1) is 39.1 Å². The first kappa shape index (κ1) is 32.4. The van der Waals surface area contributed by atoms with Crippen LogP contribution in [0.2, 0.25) is 0 Å². The van der Waals surface area contributed by atoms with Crippen LogP contribution in [0.4, 0.5) is 0 Å². The van der Waals surface area contributed by atoms with E-state index in [4.69, 9.17) is 9.97 Å². The maximum Gasteiger partial charge on any atom is 0.160 e. The minimum Gasteiger partial charge on any atom is -0.309 e. The molecule has 4 heteroatoms. The molecule has 9 aromatic carbocycles. The molecular weight excluding hydrogens is 705 g/mol. The molecule has 58 heavy (non-hydrogen) atoms. The van der Waals surface area contributed by atoms with Gasteiger partial charge in [-0.25, -0.2) is 9.97 Å². The molecule has 12 aromatic rings. The summed E-state index contributed by atoms with van der Waals surface area (Å²) in [5.74, 6) is 0.687. The van der Waals surface area contributed by atoms with Crippen LogP contribution in [-0.4, -0.2) is 19.1 Å². The van der Waals surface area contributed by atoms with Crippen LogP contribution in [0.15, 0.2) is 206 Å². The minimum atomic E-state index is 0.687. The van der Waals surface area contributed by atoms with Crippen molar-refractivity contribution in [1.82, 2.24) is 19.1 Å². The summed E-state index contributed by atoms with van der Waals surface area (Å²) in [6, 6.07) is 73.8. The Morgan fingerprint density at radius 1 is 0.328 bits per heavy atom. The smallest absolute Gasteiger partial charge is 0.160 e. The summed E-state index contributed by atoms with van der Waals surface area (Å²) in [4.78, 5) is 10.5. The summed E-state index contributed by atoms with van der Waals surface area (Å²) >= 11 is 0. The lowest BCUT2D eigenvalue weighted by Gasteiger charge is -2.15. The lowest BCUT2D eigenvalue weighted by molar-refractivity contribution is 1.17. The Morgan fingerprint density at radius 3 is 1.64 bits per heavy atom. The van der Waals surface area contributed by atoms with Crippen LogP contribution < -0.4 is 0 Å². The molecule has 0 N–H and O–H groups in total. The SMILES string of the molecule is c1ccc(-c2cc(-c3ccccc3)nc(-c3cc(-n4c5ccccc5c5c4ccc4c6ccccc6n(-c6ccc7ccccc7c6)c45)c4ccccc4c3)n2)cc1. The van der Waals surface area contributed by atoms with Crippen molar-refractivity contribution in [1.29, 1.82) is 0 Å². The van der Waals surface area contributed by atoms with Crippen molar-refractivity contribution in [3.8, 4) is 45.3 Å². The standard InChI is InChI=1S/C54H34N4/c1-3-16-36(17-4-1)46-34-47(37-18-5-2-6-19-37)56-54(55-46)40-31-39-21-9-10-22-42(39)51(33-40)58-49-26-14-12-24-45(49)52-50(58)30-29-44-43-23-11-13-25-48(43)57(53(44)52)41-28-27-35-15-7-8-20-38(35)32-41/h1-34H. The van der Waals surface area contributed by atoms with Crippen LogP contribution in [0, 0.1) is 0 Å². The number of hydrogen-bond donors (Lipinski definition) is 0. The molecule has 3 heterocycles. The lowest BCUT2D eigenvalue weighted by Crippen LogP contribution is -1.99. The van der Waals surface area contributed by atoms with Crippen LogP contribution in [0.5, 0.6) is 0 Å². The van der Waals surface area contributed by atoms with Gasteiger partial charge in [0.2, 0.25) is 0 Å². The zero-order chi connectivity index (χ0) is 38.2. The van der Waals surface area contributed by atoms with Gasteiger partial charge in [-0.15, -0.1) is 0 Å². The van der Waals surface area contributed by atoms with E-state index in [9.17, 15) is 0 Å². The monoisotopic (exact) mass is 738 g/mol. The maximum absolute atomic E-state index is 5.26. The second kappa shape index (κ2) is 12.9. The fourth-order valence-electron chi connectivity index (χ4n) is 9.05. The summed E-state index contributed by atoms with van der Waals surface area (Å²) in [5.41, 5.74) is 11.8. The Hall–Kier alpha value is -7.82. The topological polar surface area (TPSA) is 35.6 Å². The van der Waals surface area contributed by atoms with Gasteiger partial charge in [0.15, 0.2) is 5.82 Å². The second-order valence-electron chi connectivity index (χ2n) is 15.0. The van der Waals surface area contributed by atoms with Gasteiger partial charge in [-0.3, -0.25) is 0 Å². The number of nitrogens with zero attached hydrogens (tertiary/aromatic N) is 4. The third-order valence-corrected chi connectivity index (χ3v) is 11.7. The van der Waals surface area contributed by atoms with Gasteiger partial charge in [-0.1, -0.05) is 158 Å². The molecule has 0 bridgehead atoms. The molecule has 0 aliphatic carbocycles. The van der Waals surface area contributed by atoms with E-state index in [1.54, 1.807) is 0 Å². The molecule has 0 unspecified atom stereocenters. The minimum absolute atomic E-state index is 0.687. The van der Waals surface area contributed by atoms with Crippen LogP contribution in [0.1, 0.15) is 0 Å². The lowest BCUT2D eigenvalue weighted by atomic mass is 10.0. The molecule has 270 valence electrons. The highest BCUT2D eigenvalue weighted by Gasteiger charge is 2.22. The van der Waals surface area contributed by atoms with E-state index in [1.165, 1.54) is 43.4 Å². The first-order valence-corrected chi connectivity index (χ1v) is 19.7. The summed E-state index contributed by atoms with van der Waals surface area (Å²) in [7, 11) is 0. The highest BCUT2D eigenvalue weighted by Crippen LogP contribution is 2.44. The summed E-state index contributed by atoms with van der Waals surface area (Å²) < 4.78 is 4.93. The predicted octanol–water partition coefficient (Wildman–Crippen LogP) is 14.0. The quantitative estimate of drug-likeness (QED) is 0.176. The number of rotatable bonds is 5. The van der Waals surface area contributed by atoms with Crippen LogP contribution in [-0.2, 0) is 0 Å². The molecule has 0 aliphatic rings. The van der Waals surface area contributed by atoms with Gasteiger partial charge >= 0.3 is 0 Å². The maximum atomic E-state index is 5.26.